The van der Waals surface area contributed by atoms with Crippen molar-refractivity contribution < 1.29 is 9.90 Å². The van der Waals surface area contributed by atoms with Gasteiger partial charge in [0.2, 0.25) is 0 Å². The molecule has 3 rings (SSSR count). The van der Waals surface area contributed by atoms with Crippen molar-refractivity contribution in [3.63, 3.8) is 0 Å². The number of aliphatic hydroxyl groups is 1. The van der Waals surface area contributed by atoms with Gasteiger partial charge in [0.15, 0.2) is 0 Å². The molecule has 0 radical (unpaired) electrons. The van der Waals surface area contributed by atoms with E-state index in [0.717, 1.165) is 38.8 Å². The number of carbonyl (C=O) groups excluding carboxylic acids is 1. The van der Waals surface area contributed by atoms with E-state index in [1.165, 1.54) is 18.4 Å². The van der Waals surface area contributed by atoms with E-state index in [-0.39, 0.29) is 12.1 Å². The zero-order valence-corrected chi connectivity index (χ0v) is 14.3. The van der Waals surface area contributed by atoms with Gasteiger partial charge in [0.25, 0.3) is 0 Å². The predicted octanol–water partition coefficient (Wildman–Crippen LogP) is 2.43. The van der Waals surface area contributed by atoms with Gasteiger partial charge in [-0.15, -0.1) is 0 Å². The number of rotatable bonds is 6. The molecule has 1 aromatic rings. The zero-order valence-electron chi connectivity index (χ0n) is 14.3. The van der Waals surface area contributed by atoms with Crippen LogP contribution in [0.4, 0.5) is 4.79 Å². The van der Waals surface area contributed by atoms with Crippen molar-refractivity contribution in [2.75, 3.05) is 26.2 Å². The highest BCUT2D eigenvalue weighted by Gasteiger charge is 2.31. The smallest absolute Gasteiger partial charge is 0.314 e. The van der Waals surface area contributed by atoms with Crippen LogP contribution < -0.4 is 10.6 Å². The highest BCUT2D eigenvalue weighted by Crippen LogP contribution is 2.28. The molecule has 1 atom stereocenters. The largest absolute Gasteiger partial charge is 0.388 e. The number of urea groups is 1. The Bertz CT molecular complexity index is 523. The summed E-state index contributed by atoms with van der Waals surface area (Å²) in [4.78, 5) is 14.6. The molecular formula is C19H29N3O2. The number of likely N-dealkylation sites (tertiary alicyclic amines) is 1. The second-order valence-electron chi connectivity index (χ2n) is 7.16. The van der Waals surface area contributed by atoms with Gasteiger partial charge in [-0.2, -0.15) is 0 Å². The molecule has 1 unspecified atom stereocenters. The standard InChI is InChI=1S/C19H29N3O2/c23-18(21-15-19(24)10-4-5-11-19)20-14-17(22-12-6-7-13-22)16-8-2-1-3-9-16/h1-3,8-9,17,24H,4-7,10-15H2,(H2,20,21,23). The first kappa shape index (κ1) is 17.2. The Morgan fingerprint density at radius 1 is 1.08 bits per heavy atom. The monoisotopic (exact) mass is 331 g/mol. The number of amides is 2. The second-order valence-corrected chi connectivity index (χ2v) is 7.16. The van der Waals surface area contributed by atoms with Crippen molar-refractivity contribution in [2.24, 2.45) is 0 Å². The van der Waals surface area contributed by atoms with Gasteiger partial charge in [-0.05, 0) is 44.3 Å². The lowest BCUT2D eigenvalue weighted by Gasteiger charge is -2.28. The maximum atomic E-state index is 12.1. The SMILES string of the molecule is O=C(NCC(c1ccccc1)N1CCCC1)NCC1(O)CCCC1. The third kappa shape index (κ3) is 4.48. The summed E-state index contributed by atoms with van der Waals surface area (Å²) in [5.74, 6) is 0. The van der Waals surface area contributed by atoms with Gasteiger partial charge in [0.1, 0.15) is 0 Å². The van der Waals surface area contributed by atoms with Crippen LogP contribution in [0.15, 0.2) is 30.3 Å². The minimum Gasteiger partial charge on any atom is -0.388 e. The molecule has 2 fully saturated rings. The zero-order chi connectivity index (χ0) is 16.8. The molecule has 1 aliphatic carbocycles. The summed E-state index contributed by atoms with van der Waals surface area (Å²) in [5.41, 5.74) is 0.541. The Morgan fingerprint density at radius 3 is 2.42 bits per heavy atom. The summed E-state index contributed by atoms with van der Waals surface area (Å²) in [6, 6.07) is 10.4. The van der Waals surface area contributed by atoms with Gasteiger partial charge >= 0.3 is 6.03 Å². The molecule has 1 aromatic carbocycles. The molecule has 1 saturated carbocycles. The average molecular weight is 331 g/mol. The summed E-state index contributed by atoms with van der Waals surface area (Å²) in [6.07, 6.45) is 6.11. The topological polar surface area (TPSA) is 64.6 Å². The molecular weight excluding hydrogens is 302 g/mol. The summed E-state index contributed by atoms with van der Waals surface area (Å²) in [6.45, 7) is 3.11. The molecule has 0 spiro atoms. The van der Waals surface area contributed by atoms with Crippen LogP contribution in [-0.4, -0.2) is 47.8 Å². The van der Waals surface area contributed by atoms with Crippen LogP contribution in [0.5, 0.6) is 0 Å². The van der Waals surface area contributed by atoms with Gasteiger partial charge < -0.3 is 15.7 Å². The predicted molar refractivity (Wildman–Crippen MR) is 94.8 cm³/mol. The molecule has 1 heterocycles. The van der Waals surface area contributed by atoms with E-state index in [1.54, 1.807) is 0 Å². The second kappa shape index (κ2) is 7.99. The molecule has 1 aliphatic heterocycles. The molecule has 132 valence electrons. The van der Waals surface area contributed by atoms with Crippen molar-refractivity contribution in [1.82, 2.24) is 15.5 Å². The Balaban J connectivity index is 1.52. The van der Waals surface area contributed by atoms with Crippen molar-refractivity contribution in [1.29, 1.82) is 0 Å². The minimum atomic E-state index is -0.703. The third-order valence-electron chi connectivity index (χ3n) is 5.33. The van der Waals surface area contributed by atoms with Crippen LogP contribution in [0, 0.1) is 0 Å². The summed E-state index contributed by atoms with van der Waals surface area (Å²) < 4.78 is 0. The molecule has 24 heavy (non-hydrogen) atoms. The lowest BCUT2D eigenvalue weighted by Crippen LogP contribution is -2.47. The van der Waals surface area contributed by atoms with Crippen LogP contribution in [0.25, 0.3) is 0 Å². The van der Waals surface area contributed by atoms with Gasteiger partial charge in [-0.25, -0.2) is 4.79 Å². The first-order chi connectivity index (χ1) is 11.7. The molecule has 5 heteroatoms. The quantitative estimate of drug-likeness (QED) is 0.750. The number of carbonyl (C=O) groups is 1. The van der Waals surface area contributed by atoms with E-state index in [1.807, 2.05) is 18.2 Å². The van der Waals surface area contributed by atoms with Crippen molar-refractivity contribution in [3.05, 3.63) is 35.9 Å². The lowest BCUT2D eigenvalue weighted by atomic mass is 10.0. The van der Waals surface area contributed by atoms with Crippen LogP contribution in [0.2, 0.25) is 0 Å². The summed E-state index contributed by atoms with van der Waals surface area (Å²) in [5, 5.41) is 16.2. The number of hydrogen-bond donors (Lipinski definition) is 3. The maximum absolute atomic E-state index is 12.1. The van der Waals surface area contributed by atoms with E-state index in [2.05, 4.69) is 27.7 Å². The normalized spacial score (nSPS) is 21.5. The first-order valence-electron chi connectivity index (χ1n) is 9.19. The van der Waals surface area contributed by atoms with Gasteiger partial charge in [0.05, 0.1) is 11.6 Å². The van der Waals surface area contributed by atoms with E-state index >= 15 is 0 Å². The van der Waals surface area contributed by atoms with E-state index in [0.29, 0.717) is 13.1 Å². The summed E-state index contributed by atoms with van der Waals surface area (Å²) >= 11 is 0. The molecule has 2 amide bonds. The van der Waals surface area contributed by atoms with Crippen molar-refractivity contribution in [3.8, 4) is 0 Å². The van der Waals surface area contributed by atoms with E-state index < -0.39 is 5.60 Å². The van der Waals surface area contributed by atoms with Crippen LogP contribution in [-0.2, 0) is 0 Å². The fraction of sp³-hybridized carbons (Fsp3) is 0.632. The minimum absolute atomic E-state index is 0.185. The molecule has 0 bridgehead atoms. The Hall–Kier alpha value is -1.59. The van der Waals surface area contributed by atoms with E-state index in [4.69, 9.17) is 0 Å². The number of hydrogen-bond acceptors (Lipinski definition) is 3. The average Bonchev–Trinajstić information content (AvgIpc) is 3.27. The number of nitrogens with zero attached hydrogens (tertiary/aromatic N) is 1. The van der Waals surface area contributed by atoms with Crippen molar-refractivity contribution in [2.45, 2.75) is 50.2 Å². The van der Waals surface area contributed by atoms with Crippen LogP contribution >= 0.6 is 0 Å². The third-order valence-corrected chi connectivity index (χ3v) is 5.33. The lowest BCUT2D eigenvalue weighted by molar-refractivity contribution is 0.0500. The number of nitrogens with one attached hydrogen (secondary N) is 2. The van der Waals surface area contributed by atoms with Crippen LogP contribution in [0.1, 0.15) is 50.1 Å². The Morgan fingerprint density at radius 2 is 1.75 bits per heavy atom. The first-order valence-corrected chi connectivity index (χ1v) is 9.19. The Labute approximate surface area is 144 Å². The highest BCUT2D eigenvalue weighted by atomic mass is 16.3. The summed E-state index contributed by atoms with van der Waals surface area (Å²) in [7, 11) is 0. The number of benzene rings is 1. The molecule has 3 N–H and O–H groups in total. The maximum Gasteiger partial charge on any atom is 0.314 e. The van der Waals surface area contributed by atoms with Gasteiger partial charge in [0, 0.05) is 13.1 Å². The molecule has 0 aromatic heterocycles. The van der Waals surface area contributed by atoms with Crippen LogP contribution in [0.3, 0.4) is 0 Å². The fourth-order valence-electron chi connectivity index (χ4n) is 3.89. The van der Waals surface area contributed by atoms with Gasteiger partial charge in [-0.3, -0.25) is 4.90 Å². The van der Waals surface area contributed by atoms with E-state index in [9.17, 15) is 9.90 Å². The molecule has 5 nitrogen and oxygen atoms in total. The molecule has 2 aliphatic rings. The van der Waals surface area contributed by atoms with Crippen molar-refractivity contribution >= 4 is 6.03 Å². The molecule has 1 saturated heterocycles. The highest BCUT2D eigenvalue weighted by molar-refractivity contribution is 5.74. The Kier molecular flexibility index (Phi) is 5.74. The fourth-order valence-corrected chi connectivity index (χ4v) is 3.89. The van der Waals surface area contributed by atoms with Gasteiger partial charge in [-0.1, -0.05) is 43.2 Å².